The van der Waals surface area contributed by atoms with Gasteiger partial charge in [-0.2, -0.15) is 0 Å². The van der Waals surface area contributed by atoms with Crippen LogP contribution < -0.4 is 0 Å². The lowest BCUT2D eigenvalue weighted by molar-refractivity contribution is 0.00468. The fourth-order valence-corrected chi connectivity index (χ4v) is 5.33. The van der Waals surface area contributed by atoms with Gasteiger partial charge in [-0.05, 0) is 83.0 Å². The van der Waals surface area contributed by atoms with Crippen molar-refractivity contribution < 1.29 is 14.6 Å². The van der Waals surface area contributed by atoms with Gasteiger partial charge in [-0.1, -0.05) is 18.2 Å². The SMILES string of the molecule is CC(C)(C)OC(=O)N1CCC([C@@H](CO)N2CCC(c3c[nH]c4ccccc34)CC2)CC1. The van der Waals surface area contributed by atoms with Gasteiger partial charge in [0.05, 0.1) is 6.61 Å². The van der Waals surface area contributed by atoms with Crippen molar-refractivity contribution in [3.63, 3.8) is 0 Å². The molecule has 31 heavy (non-hydrogen) atoms. The lowest BCUT2D eigenvalue weighted by Gasteiger charge is -2.43. The van der Waals surface area contributed by atoms with E-state index in [4.69, 9.17) is 4.74 Å². The summed E-state index contributed by atoms with van der Waals surface area (Å²) in [6.45, 7) is 9.35. The third-order valence-corrected chi connectivity index (χ3v) is 6.98. The van der Waals surface area contributed by atoms with Crippen molar-refractivity contribution in [1.82, 2.24) is 14.8 Å². The Balaban J connectivity index is 1.31. The number of nitrogens with one attached hydrogen (secondary N) is 1. The number of aromatic nitrogens is 1. The summed E-state index contributed by atoms with van der Waals surface area (Å²) in [5.41, 5.74) is 2.18. The fourth-order valence-electron chi connectivity index (χ4n) is 5.33. The lowest BCUT2D eigenvalue weighted by Crippen LogP contribution is -2.51. The molecule has 0 radical (unpaired) electrons. The van der Waals surface area contributed by atoms with Crippen molar-refractivity contribution in [3.8, 4) is 0 Å². The number of piperidine rings is 2. The zero-order valence-electron chi connectivity index (χ0n) is 19.1. The van der Waals surface area contributed by atoms with Crippen molar-refractivity contribution in [2.24, 2.45) is 5.92 Å². The summed E-state index contributed by atoms with van der Waals surface area (Å²) in [5.74, 6) is 0.995. The molecule has 170 valence electrons. The number of aromatic amines is 1. The van der Waals surface area contributed by atoms with Gasteiger partial charge in [-0.3, -0.25) is 4.90 Å². The number of H-pyrrole nitrogens is 1. The number of nitrogens with zero attached hydrogens (tertiary/aromatic N) is 2. The highest BCUT2D eigenvalue weighted by molar-refractivity contribution is 5.83. The molecule has 2 N–H and O–H groups in total. The minimum absolute atomic E-state index is 0.185. The minimum Gasteiger partial charge on any atom is -0.444 e. The van der Waals surface area contributed by atoms with Crippen LogP contribution in [0.25, 0.3) is 10.9 Å². The average molecular weight is 428 g/mol. The molecule has 1 aromatic heterocycles. The summed E-state index contributed by atoms with van der Waals surface area (Å²) in [6.07, 6.45) is 6.05. The Morgan fingerprint density at radius 3 is 2.45 bits per heavy atom. The second-order valence-electron chi connectivity index (χ2n) is 10.2. The maximum absolute atomic E-state index is 12.3. The highest BCUT2D eigenvalue weighted by Crippen LogP contribution is 2.35. The molecule has 4 rings (SSSR count). The van der Waals surface area contributed by atoms with E-state index in [0.717, 1.165) is 38.8 Å². The highest BCUT2D eigenvalue weighted by atomic mass is 16.6. The average Bonchev–Trinajstić information content (AvgIpc) is 3.18. The molecule has 3 heterocycles. The molecule has 2 fully saturated rings. The number of hydrogen-bond donors (Lipinski definition) is 2. The summed E-state index contributed by atoms with van der Waals surface area (Å²) in [6, 6.07) is 8.72. The van der Waals surface area contributed by atoms with Crippen LogP contribution >= 0.6 is 0 Å². The monoisotopic (exact) mass is 427 g/mol. The van der Waals surface area contributed by atoms with E-state index in [1.165, 1.54) is 16.5 Å². The molecular formula is C25H37N3O3. The van der Waals surface area contributed by atoms with Gasteiger partial charge in [0.25, 0.3) is 0 Å². The predicted octanol–water partition coefficient (Wildman–Crippen LogP) is 4.36. The van der Waals surface area contributed by atoms with Crippen molar-refractivity contribution in [1.29, 1.82) is 0 Å². The first-order chi connectivity index (χ1) is 14.9. The van der Waals surface area contributed by atoms with Crippen LogP contribution in [0, 0.1) is 5.92 Å². The lowest BCUT2D eigenvalue weighted by atomic mass is 9.85. The molecule has 2 aliphatic heterocycles. The van der Waals surface area contributed by atoms with E-state index in [1.807, 2.05) is 25.7 Å². The van der Waals surface area contributed by atoms with Gasteiger partial charge in [-0.25, -0.2) is 4.79 Å². The first kappa shape index (κ1) is 22.2. The zero-order chi connectivity index (χ0) is 22.0. The van der Waals surface area contributed by atoms with Crippen LogP contribution in [0.4, 0.5) is 4.79 Å². The highest BCUT2D eigenvalue weighted by Gasteiger charge is 2.35. The number of benzene rings is 1. The number of hydrogen-bond acceptors (Lipinski definition) is 4. The van der Waals surface area contributed by atoms with Gasteiger partial charge in [0.1, 0.15) is 5.60 Å². The molecule has 2 aromatic rings. The number of aliphatic hydroxyl groups excluding tert-OH is 1. The smallest absolute Gasteiger partial charge is 0.410 e. The van der Waals surface area contributed by atoms with Crippen LogP contribution in [0.2, 0.25) is 0 Å². The quantitative estimate of drug-likeness (QED) is 0.761. The third kappa shape index (κ3) is 5.07. The van der Waals surface area contributed by atoms with E-state index in [2.05, 4.69) is 40.3 Å². The number of amides is 1. The Hall–Kier alpha value is -2.05. The molecule has 0 aliphatic carbocycles. The van der Waals surface area contributed by atoms with Crippen molar-refractivity contribution in [2.75, 3.05) is 32.8 Å². The van der Waals surface area contributed by atoms with E-state index < -0.39 is 5.60 Å². The second kappa shape index (κ2) is 9.21. The molecule has 1 aromatic carbocycles. The number of para-hydroxylation sites is 1. The molecule has 2 saturated heterocycles. The number of carbonyl (C=O) groups excluding carboxylic acids is 1. The molecule has 6 nitrogen and oxygen atoms in total. The molecule has 2 aliphatic rings. The van der Waals surface area contributed by atoms with Gasteiger partial charge in [0, 0.05) is 36.2 Å². The number of ether oxygens (including phenoxy) is 1. The predicted molar refractivity (Wildman–Crippen MR) is 123 cm³/mol. The van der Waals surface area contributed by atoms with Gasteiger partial charge >= 0.3 is 6.09 Å². The second-order valence-corrected chi connectivity index (χ2v) is 10.2. The Labute approximate surface area is 185 Å². The van der Waals surface area contributed by atoms with Crippen molar-refractivity contribution in [3.05, 3.63) is 36.0 Å². The number of rotatable bonds is 4. The number of carbonyl (C=O) groups is 1. The summed E-state index contributed by atoms with van der Waals surface area (Å²) in [5, 5.41) is 11.5. The first-order valence-electron chi connectivity index (χ1n) is 11.7. The van der Waals surface area contributed by atoms with Crippen LogP contribution in [0.1, 0.15) is 57.9 Å². The summed E-state index contributed by atoms with van der Waals surface area (Å²) in [7, 11) is 0. The topological polar surface area (TPSA) is 68.8 Å². The van der Waals surface area contributed by atoms with E-state index in [9.17, 15) is 9.90 Å². The van der Waals surface area contributed by atoms with Crippen LogP contribution in [-0.2, 0) is 4.74 Å². The maximum atomic E-state index is 12.3. The molecule has 0 unspecified atom stereocenters. The molecule has 0 bridgehead atoms. The van der Waals surface area contributed by atoms with Crippen molar-refractivity contribution >= 4 is 17.0 Å². The summed E-state index contributed by atoms with van der Waals surface area (Å²) in [4.78, 5) is 20.1. The number of fused-ring (bicyclic) bond motifs is 1. The van der Waals surface area contributed by atoms with E-state index in [-0.39, 0.29) is 18.7 Å². The molecule has 0 spiro atoms. The normalized spacial score (nSPS) is 20.8. The van der Waals surface area contributed by atoms with Crippen LogP contribution in [0.3, 0.4) is 0 Å². The summed E-state index contributed by atoms with van der Waals surface area (Å²) >= 11 is 0. The summed E-state index contributed by atoms with van der Waals surface area (Å²) < 4.78 is 5.52. The molecule has 0 saturated carbocycles. The minimum atomic E-state index is -0.462. The van der Waals surface area contributed by atoms with E-state index in [0.29, 0.717) is 24.9 Å². The van der Waals surface area contributed by atoms with Crippen LogP contribution in [0.15, 0.2) is 30.5 Å². The Kier molecular flexibility index (Phi) is 6.58. The molecule has 1 atom stereocenters. The van der Waals surface area contributed by atoms with Crippen LogP contribution in [0.5, 0.6) is 0 Å². The zero-order valence-corrected chi connectivity index (χ0v) is 19.1. The maximum Gasteiger partial charge on any atom is 0.410 e. The van der Waals surface area contributed by atoms with Crippen molar-refractivity contribution in [2.45, 2.75) is 64.0 Å². The van der Waals surface area contributed by atoms with E-state index in [1.54, 1.807) is 0 Å². The molecular weight excluding hydrogens is 390 g/mol. The largest absolute Gasteiger partial charge is 0.444 e. The van der Waals surface area contributed by atoms with Gasteiger partial charge in [0.2, 0.25) is 0 Å². The van der Waals surface area contributed by atoms with Gasteiger partial charge < -0.3 is 19.7 Å². The van der Waals surface area contributed by atoms with Gasteiger partial charge in [-0.15, -0.1) is 0 Å². The van der Waals surface area contributed by atoms with E-state index >= 15 is 0 Å². The Bertz CT molecular complexity index is 872. The number of aliphatic hydroxyl groups is 1. The Morgan fingerprint density at radius 1 is 1.13 bits per heavy atom. The molecule has 6 heteroatoms. The van der Waals surface area contributed by atoms with Gasteiger partial charge in [0.15, 0.2) is 0 Å². The molecule has 1 amide bonds. The third-order valence-electron chi connectivity index (χ3n) is 6.98. The standard InChI is InChI=1S/C25H37N3O3/c1-25(2,3)31-24(30)28-14-10-19(11-15-28)23(17-29)27-12-8-18(9-13-27)21-16-26-22-7-5-4-6-20(21)22/h4-7,16,18-19,23,26,29H,8-15,17H2,1-3H3/t23-/m1/s1. The fraction of sp³-hybridized carbons (Fsp3) is 0.640. The first-order valence-corrected chi connectivity index (χ1v) is 11.7. The van der Waals surface area contributed by atoms with Crippen LogP contribution in [-0.4, -0.2) is 70.4 Å². The number of likely N-dealkylation sites (tertiary alicyclic amines) is 2. The Morgan fingerprint density at radius 2 is 1.81 bits per heavy atom.